The van der Waals surface area contributed by atoms with Gasteiger partial charge in [-0.1, -0.05) is 5.92 Å². The highest BCUT2D eigenvalue weighted by Gasteiger charge is 2.24. The maximum atomic E-state index is 12.8. The monoisotopic (exact) mass is 433 g/mol. The summed E-state index contributed by atoms with van der Waals surface area (Å²) in [6.45, 7) is 2.94. The summed E-state index contributed by atoms with van der Waals surface area (Å²) in [6.07, 6.45) is 6.24. The average Bonchev–Trinajstić information content (AvgIpc) is 2.79. The summed E-state index contributed by atoms with van der Waals surface area (Å²) < 4.78 is 10.8. The van der Waals surface area contributed by atoms with E-state index in [-0.39, 0.29) is 17.8 Å². The summed E-state index contributed by atoms with van der Waals surface area (Å²) in [5.41, 5.74) is 2.74. The normalized spacial score (nSPS) is 14.3. The molecule has 0 bridgehead atoms. The van der Waals surface area contributed by atoms with Gasteiger partial charge in [-0.3, -0.25) is 15.0 Å². The third kappa shape index (κ3) is 5.67. The molecule has 0 saturated heterocycles. The van der Waals surface area contributed by atoms with Crippen molar-refractivity contribution in [3.05, 3.63) is 59.2 Å². The first-order valence-corrected chi connectivity index (χ1v) is 10.5. The van der Waals surface area contributed by atoms with Gasteiger partial charge >= 0.3 is 5.97 Å². The Balaban J connectivity index is 1.64. The van der Waals surface area contributed by atoms with Gasteiger partial charge in [0.05, 0.1) is 26.2 Å². The van der Waals surface area contributed by atoms with Gasteiger partial charge in [0.15, 0.2) is 0 Å². The lowest BCUT2D eigenvalue weighted by Crippen LogP contribution is -2.27. The molecule has 1 heterocycles. The van der Waals surface area contributed by atoms with Crippen LogP contribution in [-0.2, 0) is 16.0 Å². The Morgan fingerprint density at radius 2 is 1.97 bits per heavy atom. The summed E-state index contributed by atoms with van der Waals surface area (Å²) in [5.74, 6) is 3.10. The van der Waals surface area contributed by atoms with Crippen LogP contribution in [0.2, 0.25) is 0 Å². The van der Waals surface area contributed by atoms with E-state index >= 15 is 0 Å². The van der Waals surface area contributed by atoms with E-state index in [2.05, 4.69) is 11.2 Å². The van der Waals surface area contributed by atoms with E-state index in [9.17, 15) is 9.59 Å². The Morgan fingerprint density at radius 1 is 1.25 bits per heavy atom. The number of amides is 1. The summed E-state index contributed by atoms with van der Waals surface area (Å²) >= 11 is 0. The molecule has 0 saturated carbocycles. The topological polar surface area (TPSA) is 91.7 Å². The molecule has 0 fully saturated rings. The SMILES string of the molecule is C#CCN(C)C(=N)c1ccc(NC(=O)c2ccc3c(c2)CC(CC(=O)OCC)CO3)cc1. The number of amidine groups is 1. The third-order valence-electron chi connectivity index (χ3n) is 5.19. The van der Waals surface area contributed by atoms with Crippen LogP contribution in [0.1, 0.15) is 34.8 Å². The molecule has 1 aliphatic heterocycles. The predicted molar refractivity (Wildman–Crippen MR) is 123 cm³/mol. The van der Waals surface area contributed by atoms with Crippen LogP contribution in [0, 0.1) is 23.7 Å². The molecule has 166 valence electrons. The number of benzene rings is 2. The second-order valence-electron chi connectivity index (χ2n) is 7.65. The van der Waals surface area contributed by atoms with Gasteiger partial charge < -0.3 is 19.7 Å². The van der Waals surface area contributed by atoms with E-state index in [4.69, 9.17) is 21.3 Å². The lowest BCUT2D eigenvalue weighted by atomic mass is 9.93. The molecule has 2 aromatic carbocycles. The molecule has 7 heteroatoms. The van der Waals surface area contributed by atoms with Crippen molar-refractivity contribution in [1.82, 2.24) is 4.90 Å². The predicted octanol–water partition coefficient (Wildman–Crippen LogP) is 3.33. The molecule has 0 radical (unpaired) electrons. The van der Waals surface area contributed by atoms with Crippen molar-refractivity contribution in [3.63, 3.8) is 0 Å². The Hall–Kier alpha value is -3.79. The maximum absolute atomic E-state index is 12.8. The van der Waals surface area contributed by atoms with E-state index in [1.54, 1.807) is 61.3 Å². The second-order valence-corrected chi connectivity index (χ2v) is 7.65. The molecule has 1 aliphatic rings. The number of hydrogen-bond donors (Lipinski definition) is 2. The van der Waals surface area contributed by atoms with E-state index in [0.29, 0.717) is 55.3 Å². The number of rotatable bonds is 7. The minimum absolute atomic E-state index is 0.0234. The molecule has 1 atom stereocenters. The van der Waals surface area contributed by atoms with Gasteiger partial charge in [-0.15, -0.1) is 6.42 Å². The number of anilines is 1. The van der Waals surface area contributed by atoms with E-state index in [1.165, 1.54) is 0 Å². The molecule has 2 aromatic rings. The van der Waals surface area contributed by atoms with Crippen LogP contribution in [0.25, 0.3) is 0 Å². The number of carbonyl (C=O) groups excluding carboxylic acids is 2. The fourth-order valence-electron chi connectivity index (χ4n) is 3.54. The van der Waals surface area contributed by atoms with Crippen molar-refractivity contribution in [2.24, 2.45) is 5.92 Å². The van der Waals surface area contributed by atoms with Crippen molar-refractivity contribution in [1.29, 1.82) is 5.41 Å². The van der Waals surface area contributed by atoms with E-state index in [1.807, 2.05) is 0 Å². The fraction of sp³-hybridized carbons (Fsp3) is 0.320. The molecular formula is C25H27N3O4. The quantitative estimate of drug-likeness (QED) is 0.302. The van der Waals surface area contributed by atoms with Crippen LogP contribution in [0.15, 0.2) is 42.5 Å². The standard InChI is InChI=1S/C25H27N3O4/c1-4-12-28(3)24(26)18-6-9-21(10-7-18)27-25(30)19-8-11-22-20(15-19)13-17(16-32-22)14-23(29)31-5-2/h1,6-11,15,17,26H,5,12-14,16H2,2-3H3,(H,27,30). The minimum atomic E-state index is -0.243. The number of ether oxygens (including phenoxy) is 2. The fourth-order valence-corrected chi connectivity index (χ4v) is 3.54. The Kier molecular flexibility index (Phi) is 7.50. The molecule has 7 nitrogen and oxygen atoms in total. The van der Waals surface area contributed by atoms with Gasteiger partial charge in [0.25, 0.3) is 5.91 Å². The van der Waals surface area contributed by atoms with Crippen LogP contribution < -0.4 is 10.1 Å². The largest absolute Gasteiger partial charge is 0.493 e. The number of hydrogen-bond acceptors (Lipinski definition) is 5. The number of carbonyl (C=O) groups is 2. The molecule has 0 aliphatic carbocycles. The van der Waals surface area contributed by atoms with E-state index in [0.717, 1.165) is 11.3 Å². The van der Waals surface area contributed by atoms with Crippen LogP contribution in [-0.4, -0.2) is 49.4 Å². The Labute approximate surface area is 188 Å². The highest BCUT2D eigenvalue weighted by atomic mass is 16.5. The van der Waals surface area contributed by atoms with E-state index < -0.39 is 0 Å². The van der Waals surface area contributed by atoms with Gasteiger partial charge in [-0.25, -0.2) is 0 Å². The van der Waals surface area contributed by atoms with Gasteiger partial charge in [0, 0.05) is 29.8 Å². The van der Waals surface area contributed by atoms with Crippen molar-refractivity contribution in [2.75, 3.05) is 32.1 Å². The molecular weight excluding hydrogens is 406 g/mol. The highest BCUT2D eigenvalue weighted by Crippen LogP contribution is 2.30. The Morgan fingerprint density at radius 3 is 2.66 bits per heavy atom. The van der Waals surface area contributed by atoms with Crippen LogP contribution in [0.3, 0.4) is 0 Å². The summed E-state index contributed by atoms with van der Waals surface area (Å²) in [6, 6.07) is 12.4. The first kappa shape index (κ1) is 22.9. The van der Waals surface area contributed by atoms with Gasteiger partial charge in [0.1, 0.15) is 11.6 Å². The summed E-state index contributed by atoms with van der Waals surface area (Å²) in [7, 11) is 1.76. The van der Waals surface area contributed by atoms with Gasteiger partial charge in [-0.2, -0.15) is 0 Å². The maximum Gasteiger partial charge on any atom is 0.306 e. The molecule has 0 aromatic heterocycles. The lowest BCUT2D eigenvalue weighted by Gasteiger charge is -2.25. The number of fused-ring (bicyclic) bond motifs is 1. The molecule has 32 heavy (non-hydrogen) atoms. The van der Waals surface area contributed by atoms with Crippen molar-refractivity contribution >= 4 is 23.4 Å². The molecule has 3 rings (SSSR count). The van der Waals surface area contributed by atoms with Crippen LogP contribution >= 0.6 is 0 Å². The number of terminal acetylenes is 1. The molecule has 0 spiro atoms. The zero-order chi connectivity index (χ0) is 23.1. The first-order chi connectivity index (χ1) is 15.4. The molecule has 2 N–H and O–H groups in total. The first-order valence-electron chi connectivity index (χ1n) is 10.5. The zero-order valence-corrected chi connectivity index (χ0v) is 18.3. The molecule has 1 unspecified atom stereocenters. The zero-order valence-electron chi connectivity index (χ0n) is 18.3. The average molecular weight is 434 g/mol. The Bertz CT molecular complexity index is 1040. The second kappa shape index (κ2) is 10.5. The van der Waals surface area contributed by atoms with Crippen molar-refractivity contribution in [3.8, 4) is 18.1 Å². The number of nitrogens with zero attached hydrogens (tertiary/aromatic N) is 1. The van der Waals surface area contributed by atoms with Crippen molar-refractivity contribution < 1.29 is 19.1 Å². The third-order valence-corrected chi connectivity index (χ3v) is 5.19. The summed E-state index contributed by atoms with van der Waals surface area (Å²) in [4.78, 5) is 26.2. The van der Waals surface area contributed by atoms with Gasteiger partial charge in [-0.05, 0) is 61.4 Å². The molecule has 1 amide bonds. The lowest BCUT2D eigenvalue weighted by molar-refractivity contribution is -0.144. The number of esters is 1. The van der Waals surface area contributed by atoms with Crippen LogP contribution in [0.5, 0.6) is 5.75 Å². The highest BCUT2D eigenvalue weighted by molar-refractivity contribution is 6.05. The minimum Gasteiger partial charge on any atom is -0.493 e. The van der Waals surface area contributed by atoms with Crippen molar-refractivity contribution in [2.45, 2.75) is 19.8 Å². The number of nitrogens with one attached hydrogen (secondary N) is 2. The summed E-state index contributed by atoms with van der Waals surface area (Å²) in [5, 5.41) is 11.0. The smallest absolute Gasteiger partial charge is 0.306 e. The van der Waals surface area contributed by atoms with Gasteiger partial charge in [0.2, 0.25) is 0 Å². The van der Waals surface area contributed by atoms with Crippen LogP contribution in [0.4, 0.5) is 5.69 Å².